The molecule has 1 aromatic heterocycles. The predicted octanol–water partition coefficient (Wildman–Crippen LogP) is 2.73. The number of amidine groups is 1. The molecule has 4 rings (SSSR count). The molecule has 2 aliphatic heterocycles. The molecule has 0 saturated carbocycles. The minimum atomic E-state index is 0.0715. The van der Waals surface area contributed by atoms with Crippen LogP contribution in [0.2, 0.25) is 0 Å². The van der Waals surface area contributed by atoms with Gasteiger partial charge >= 0.3 is 5.91 Å². The average Bonchev–Trinajstić information content (AvgIpc) is 3.10. The summed E-state index contributed by atoms with van der Waals surface area (Å²) in [5.74, 6) is 2.31. The number of aromatic nitrogens is 2. The van der Waals surface area contributed by atoms with Gasteiger partial charge in [-0.1, -0.05) is 6.07 Å². The molecular formula is C20H24N5OS+. The molecular weight excluding hydrogens is 358 g/mol. The lowest BCUT2D eigenvalue weighted by Gasteiger charge is -2.16. The lowest BCUT2D eigenvalue weighted by Crippen LogP contribution is -2.38. The molecule has 27 heavy (non-hydrogen) atoms. The molecule has 0 unspecified atom stereocenters. The van der Waals surface area contributed by atoms with Crippen molar-refractivity contribution in [1.82, 2.24) is 14.9 Å². The van der Waals surface area contributed by atoms with Crippen molar-refractivity contribution in [3.63, 3.8) is 0 Å². The molecule has 1 saturated heterocycles. The van der Waals surface area contributed by atoms with Gasteiger partial charge in [-0.3, -0.25) is 4.58 Å². The van der Waals surface area contributed by atoms with Crippen molar-refractivity contribution in [2.45, 2.75) is 31.7 Å². The standard InChI is InChI=1S/C20H24N5OS/c1-12-9-13(2)15-10-14(12)16-11-17(23-20(21)22-16)27-8-7-24(3)18-5-4-6-25(18)19(15)26/h9-11H,4-8H2,1-3H3,(H2,21,22,23)/q+1. The van der Waals surface area contributed by atoms with Crippen molar-refractivity contribution in [2.24, 2.45) is 0 Å². The number of nitrogen functional groups attached to an aromatic ring is 1. The summed E-state index contributed by atoms with van der Waals surface area (Å²) in [6.07, 6.45) is 1.94. The Morgan fingerprint density at radius 2 is 1.93 bits per heavy atom. The van der Waals surface area contributed by atoms with Gasteiger partial charge < -0.3 is 5.73 Å². The zero-order valence-electron chi connectivity index (χ0n) is 16.0. The Hall–Kier alpha value is -2.41. The van der Waals surface area contributed by atoms with E-state index in [9.17, 15) is 4.79 Å². The zero-order valence-corrected chi connectivity index (χ0v) is 16.8. The van der Waals surface area contributed by atoms with E-state index in [0.29, 0.717) is 0 Å². The van der Waals surface area contributed by atoms with Crippen LogP contribution in [0.5, 0.6) is 0 Å². The number of benzene rings is 1. The normalized spacial score (nSPS) is 17.3. The minimum Gasteiger partial charge on any atom is -0.368 e. The first-order valence-corrected chi connectivity index (χ1v) is 10.2. The van der Waals surface area contributed by atoms with Gasteiger partial charge in [-0.05, 0) is 43.5 Å². The first-order chi connectivity index (χ1) is 12.9. The molecule has 2 aromatic rings. The second-order valence-electron chi connectivity index (χ2n) is 7.18. The molecule has 140 valence electrons. The Balaban J connectivity index is 1.93. The van der Waals surface area contributed by atoms with E-state index in [-0.39, 0.29) is 11.9 Å². The maximum atomic E-state index is 13.4. The highest BCUT2D eigenvalue weighted by molar-refractivity contribution is 7.99. The summed E-state index contributed by atoms with van der Waals surface area (Å²) in [7, 11) is 2.06. The second-order valence-corrected chi connectivity index (χ2v) is 8.29. The van der Waals surface area contributed by atoms with Gasteiger partial charge in [0.25, 0.3) is 5.84 Å². The number of hydrogen-bond donors (Lipinski definition) is 1. The summed E-state index contributed by atoms with van der Waals surface area (Å²) in [5.41, 5.74) is 10.5. The number of thioether (sulfide) groups is 1. The number of rotatable bonds is 0. The van der Waals surface area contributed by atoms with E-state index in [1.54, 1.807) is 11.8 Å². The van der Waals surface area contributed by atoms with Gasteiger partial charge in [0.1, 0.15) is 5.03 Å². The third-order valence-electron chi connectivity index (χ3n) is 5.25. The highest BCUT2D eigenvalue weighted by atomic mass is 32.2. The summed E-state index contributed by atoms with van der Waals surface area (Å²) in [5, 5.41) is 0.867. The number of carbonyl (C=O) groups excluding carboxylic acids is 1. The molecule has 0 spiro atoms. The number of nitrogens with zero attached hydrogens (tertiary/aromatic N) is 4. The number of amides is 1. The van der Waals surface area contributed by atoms with E-state index >= 15 is 0 Å². The van der Waals surface area contributed by atoms with Crippen molar-refractivity contribution >= 4 is 29.5 Å². The lowest BCUT2D eigenvalue weighted by molar-refractivity contribution is -0.497. The summed E-state index contributed by atoms with van der Waals surface area (Å²) in [4.78, 5) is 24.1. The van der Waals surface area contributed by atoms with Crippen LogP contribution in [-0.4, -0.2) is 57.1 Å². The van der Waals surface area contributed by atoms with Crippen LogP contribution >= 0.6 is 11.8 Å². The molecule has 1 aromatic carbocycles. The SMILES string of the molecule is Cc1cc(C)c2cc1C(=O)N1CCCC1=[N+](C)CCSc1cc-2nc(N)n1. The Bertz CT molecular complexity index is 969. The third kappa shape index (κ3) is 3.32. The Morgan fingerprint density at radius 3 is 2.74 bits per heavy atom. The largest absolute Gasteiger partial charge is 0.368 e. The number of carbonyl (C=O) groups is 1. The molecule has 4 bridgehead atoms. The van der Waals surface area contributed by atoms with Crippen LogP contribution < -0.4 is 5.73 Å². The van der Waals surface area contributed by atoms with Gasteiger partial charge in [0.15, 0.2) is 0 Å². The first kappa shape index (κ1) is 18.0. The molecule has 2 N–H and O–H groups in total. The predicted molar refractivity (Wildman–Crippen MR) is 108 cm³/mol. The maximum Gasteiger partial charge on any atom is 0.341 e. The maximum absolute atomic E-state index is 13.4. The third-order valence-corrected chi connectivity index (χ3v) is 6.15. The molecule has 1 fully saturated rings. The van der Waals surface area contributed by atoms with E-state index in [1.807, 2.05) is 30.9 Å². The number of anilines is 1. The lowest BCUT2D eigenvalue weighted by atomic mass is 9.97. The molecule has 2 aliphatic rings. The molecule has 7 heteroatoms. The number of hydrogen-bond acceptors (Lipinski definition) is 5. The Kier molecular flexibility index (Phi) is 4.63. The van der Waals surface area contributed by atoms with Crippen LogP contribution in [0.1, 0.15) is 34.3 Å². The Morgan fingerprint density at radius 1 is 1.15 bits per heavy atom. The van der Waals surface area contributed by atoms with Gasteiger partial charge in [-0.2, -0.15) is 4.90 Å². The van der Waals surface area contributed by atoms with Crippen molar-refractivity contribution in [3.05, 3.63) is 34.9 Å². The van der Waals surface area contributed by atoms with Crippen LogP contribution in [0.4, 0.5) is 5.95 Å². The van der Waals surface area contributed by atoms with Gasteiger partial charge in [-0.15, -0.1) is 11.8 Å². The van der Waals surface area contributed by atoms with Gasteiger partial charge in [0.2, 0.25) is 5.95 Å². The van der Waals surface area contributed by atoms with E-state index < -0.39 is 0 Å². The number of nitrogens with two attached hydrogens (primary N) is 1. The molecule has 0 radical (unpaired) electrons. The van der Waals surface area contributed by atoms with E-state index in [0.717, 1.165) is 70.5 Å². The average molecular weight is 383 g/mol. The fourth-order valence-electron chi connectivity index (χ4n) is 3.85. The van der Waals surface area contributed by atoms with Crippen LogP contribution in [0.3, 0.4) is 0 Å². The van der Waals surface area contributed by atoms with Crippen molar-refractivity contribution in [1.29, 1.82) is 0 Å². The molecule has 0 aliphatic carbocycles. The molecule has 6 nitrogen and oxygen atoms in total. The fraction of sp³-hybridized carbons (Fsp3) is 0.400. The monoisotopic (exact) mass is 382 g/mol. The van der Waals surface area contributed by atoms with Crippen LogP contribution in [0.15, 0.2) is 23.2 Å². The van der Waals surface area contributed by atoms with E-state index in [4.69, 9.17) is 5.73 Å². The number of fused-ring (bicyclic) bond motifs is 6. The van der Waals surface area contributed by atoms with E-state index in [1.165, 1.54) is 0 Å². The quantitative estimate of drug-likeness (QED) is 0.560. The highest BCUT2D eigenvalue weighted by Gasteiger charge is 2.35. The van der Waals surface area contributed by atoms with Gasteiger partial charge in [-0.25, -0.2) is 14.8 Å². The topological polar surface area (TPSA) is 75.1 Å². The first-order valence-electron chi connectivity index (χ1n) is 9.22. The summed E-state index contributed by atoms with van der Waals surface area (Å²) in [6, 6.07) is 6.00. The molecule has 1 amide bonds. The summed E-state index contributed by atoms with van der Waals surface area (Å²) >= 11 is 1.67. The Labute approximate surface area is 163 Å². The summed E-state index contributed by atoms with van der Waals surface area (Å²) in [6.45, 7) is 5.66. The van der Waals surface area contributed by atoms with Crippen molar-refractivity contribution in [3.8, 4) is 11.3 Å². The second kappa shape index (κ2) is 6.96. The molecule has 3 heterocycles. The fourth-order valence-corrected chi connectivity index (χ4v) is 4.78. The van der Waals surface area contributed by atoms with Crippen LogP contribution in [-0.2, 0) is 0 Å². The van der Waals surface area contributed by atoms with E-state index in [2.05, 4.69) is 27.7 Å². The van der Waals surface area contributed by atoms with Gasteiger partial charge in [0.05, 0.1) is 37.8 Å². The van der Waals surface area contributed by atoms with Gasteiger partial charge in [0, 0.05) is 11.3 Å². The molecule has 0 atom stereocenters. The van der Waals surface area contributed by atoms with Crippen LogP contribution in [0, 0.1) is 13.8 Å². The smallest absolute Gasteiger partial charge is 0.341 e. The zero-order chi connectivity index (χ0) is 19.1. The van der Waals surface area contributed by atoms with Crippen molar-refractivity contribution in [2.75, 3.05) is 31.6 Å². The number of aryl methyl sites for hydroxylation is 2. The van der Waals surface area contributed by atoms with Crippen molar-refractivity contribution < 1.29 is 9.37 Å². The highest BCUT2D eigenvalue weighted by Crippen LogP contribution is 2.30. The summed E-state index contributed by atoms with van der Waals surface area (Å²) < 4.78 is 2.20. The minimum absolute atomic E-state index is 0.0715. The van der Waals surface area contributed by atoms with Crippen LogP contribution in [0.25, 0.3) is 11.3 Å².